The lowest BCUT2D eigenvalue weighted by molar-refractivity contribution is 0.00578. The standard InChI is InChI=1S/C36H29BO3/c1-35(2)36(3,4)40-37(39-35)31-18-17-28(29-20-24-13-7-8-14-25(24)26-15-9-10-16-27(26)29)34-33(31)30-19-22-11-5-6-12-23(22)21-32(30)38-34/h5-21H,1-4H3. The maximum Gasteiger partial charge on any atom is 0.495 e. The second-order valence-corrected chi connectivity index (χ2v) is 12.0. The van der Waals surface area contributed by atoms with Crippen LogP contribution in [0.4, 0.5) is 0 Å². The minimum atomic E-state index is -0.498. The molecule has 6 aromatic carbocycles. The summed E-state index contributed by atoms with van der Waals surface area (Å²) in [6, 6.07) is 36.7. The van der Waals surface area contributed by atoms with Crippen LogP contribution in [0.1, 0.15) is 27.7 Å². The Bertz CT molecular complexity index is 2120. The molecule has 0 unspecified atom stereocenters. The fourth-order valence-corrected chi connectivity index (χ4v) is 6.25. The zero-order valence-corrected chi connectivity index (χ0v) is 23.1. The Morgan fingerprint density at radius 3 is 1.85 bits per heavy atom. The molecule has 1 aliphatic rings. The van der Waals surface area contributed by atoms with E-state index in [2.05, 4.69) is 131 Å². The normalized spacial score (nSPS) is 16.6. The first kappa shape index (κ1) is 23.7. The molecular weight excluding hydrogens is 491 g/mol. The first-order valence-electron chi connectivity index (χ1n) is 14.0. The highest BCUT2D eigenvalue weighted by atomic mass is 16.7. The van der Waals surface area contributed by atoms with Crippen LogP contribution in [-0.2, 0) is 9.31 Å². The van der Waals surface area contributed by atoms with Crippen molar-refractivity contribution < 1.29 is 13.7 Å². The highest BCUT2D eigenvalue weighted by molar-refractivity contribution is 6.66. The lowest BCUT2D eigenvalue weighted by Gasteiger charge is -2.32. The molecule has 1 aromatic heterocycles. The van der Waals surface area contributed by atoms with E-state index >= 15 is 0 Å². The molecule has 0 spiro atoms. The van der Waals surface area contributed by atoms with E-state index < -0.39 is 18.3 Å². The van der Waals surface area contributed by atoms with Crippen LogP contribution in [0, 0.1) is 0 Å². The summed E-state index contributed by atoms with van der Waals surface area (Å²) in [5, 5.41) is 9.36. The van der Waals surface area contributed by atoms with Gasteiger partial charge < -0.3 is 13.7 Å². The Labute approximate surface area is 233 Å². The average molecular weight is 520 g/mol. The van der Waals surface area contributed by atoms with E-state index in [-0.39, 0.29) is 0 Å². The molecule has 0 atom stereocenters. The number of furan rings is 1. The van der Waals surface area contributed by atoms with E-state index in [1.807, 2.05) is 0 Å². The molecule has 0 saturated carbocycles. The summed E-state index contributed by atoms with van der Waals surface area (Å²) in [4.78, 5) is 0. The van der Waals surface area contributed by atoms with Crippen molar-refractivity contribution in [3.05, 3.63) is 103 Å². The first-order chi connectivity index (χ1) is 19.3. The third-order valence-corrected chi connectivity index (χ3v) is 9.08. The molecule has 1 saturated heterocycles. The molecule has 8 rings (SSSR count). The molecule has 0 radical (unpaired) electrons. The predicted molar refractivity (Wildman–Crippen MR) is 167 cm³/mol. The second-order valence-electron chi connectivity index (χ2n) is 12.0. The van der Waals surface area contributed by atoms with Crippen LogP contribution >= 0.6 is 0 Å². The molecule has 0 aliphatic carbocycles. The Morgan fingerprint density at radius 2 is 1.12 bits per heavy atom. The van der Waals surface area contributed by atoms with Crippen molar-refractivity contribution in [3.8, 4) is 11.1 Å². The van der Waals surface area contributed by atoms with E-state index in [9.17, 15) is 0 Å². The van der Waals surface area contributed by atoms with Crippen LogP contribution < -0.4 is 5.46 Å². The number of rotatable bonds is 2. The van der Waals surface area contributed by atoms with Gasteiger partial charge in [-0.25, -0.2) is 0 Å². The summed E-state index contributed by atoms with van der Waals surface area (Å²) >= 11 is 0. The SMILES string of the molecule is CC1(C)OB(c2ccc(-c3cc4ccccc4c4ccccc34)c3oc4cc5ccccc5cc4c23)OC1(C)C. The monoisotopic (exact) mass is 520 g/mol. The number of benzene rings is 6. The first-order valence-corrected chi connectivity index (χ1v) is 14.0. The maximum atomic E-state index is 6.80. The molecule has 4 heteroatoms. The number of hydrogen-bond donors (Lipinski definition) is 0. The summed E-state index contributed by atoms with van der Waals surface area (Å²) in [5.41, 5.74) is 4.06. The van der Waals surface area contributed by atoms with E-state index in [1.54, 1.807) is 0 Å². The number of fused-ring (bicyclic) bond motifs is 7. The highest BCUT2D eigenvalue weighted by Gasteiger charge is 2.52. The Morgan fingerprint density at radius 1 is 0.525 bits per heavy atom. The minimum Gasteiger partial charge on any atom is -0.455 e. The predicted octanol–water partition coefficient (Wildman–Crippen LogP) is 9.01. The van der Waals surface area contributed by atoms with Gasteiger partial charge in [-0.3, -0.25) is 0 Å². The van der Waals surface area contributed by atoms with Crippen LogP contribution in [-0.4, -0.2) is 18.3 Å². The molecule has 194 valence electrons. The van der Waals surface area contributed by atoms with Gasteiger partial charge in [0.15, 0.2) is 0 Å². The largest absolute Gasteiger partial charge is 0.495 e. The maximum absolute atomic E-state index is 6.80. The van der Waals surface area contributed by atoms with Crippen molar-refractivity contribution in [2.75, 3.05) is 0 Å². The topological polar surface area (TPSA) is 31.6 Å². The summed E-state index contributed by atoms with van der Waals surface area (Å²) in [6.45, 7) is 8.39. The Hall–Kier alpha value is -4.12. The van der Waals surface area contributed by atoms with Gasteiger partial charge in [0.1, 0.15) is 11.2 Å². The summed E-state index contributed by atoms with van der Waals surface area (Å²) in [6.07, 6.45) is 0. The summed E-state index contributed by atoms with van der Waals surface area (Å²) in [7, 11) is -0.498. The van der Waals surface area contributed by atoms with E-state index in [0.717, 1.165) is 43.9 Å². The van der Waals surface area contributed by atoms with Gasteiger partial charge in [-0.2, -0.15) is 0 Å². The van der Waals surface area contributed by atoms with E-state index in [4.69, 9.17) is 13.7 Å². The van der Waals surface area contributed by atoms with Crippen LogP contribution in [0.15, 0.2) is 108 Å². The Kier molecular flexibility index (Phi) is 4.87. The summed E-state index contributed by atoms with van der Waals surface area (Å²) in [5.74, 6) is 0. The lowest BCUT2D eigenvalue weighted by atomic mass is 9.75. The van der Waals surface area contributed by atoms with Gasteiger partial charge in [0.05, 0.1) is 11.2 Å². The smallest absolute Gasteiger partial charge is 0.455 e. The van der Waals surface area contributed by atoms with E-state index in [0.29, 0.717) is 0 Å². The number of hydrogen-bond acceptors (Lipinski definition) is 3. The van der Waals surface area contributed by atoms with Gasteiger partial charge >= 0.3 is 7.12 Å². The molecule has 40 heavy (non-hydrogen) atoms. The van der Waals surface area contributed by atoms with Crippen molar-refractivity contribution >= 4 is 66.8 Å². The average Bonchev–Trinajstić information content (AvgIpc) is 3.43. The zero-order valence-electron chi connectivity index (χ0n) is 23.1. The van der Waals surface area contributed by atoms with Crippen LogP contribution in [0.5, 0.6) is 0 Å². The third kappa shape index (κ3) is 3.33. The lowest BCUT2D eigenvalue weighted by Crippen LogP contribution is -2.41. The van der Waals surface area contributed by atoms with Gasteiger partial charge in [-0.15, -0.1) is 0 Å². The van der Waals surface area contributed by atoms with Crippen molar-refractivity contribution in [3.63, 3.8) is 0 Å². The van der Waals surface area contributed by atoms with Gasteiger partial charge in [0.2, 0.25) is 0 Å². The van der Waals surface area contributed by atoms with Crippen LogP contribution in [0.25, 0.3) is 65.4 Å². The van der Waals surface area contributed by atoms with Gasteiger partial charge in [-0.1, -0.05) is 84.9 Å². The molecular formula is C36H29BO3. The molecule has 2 heterocycles. The molecule has 0 bridgehead atoms. The van der Waals surface area contributed by atoms with Crippen LogP contribution in [0.3, 0.4) is 0 Å². The van der Waals surface area contributed by atoms with E-state index in [1.165, 1.54) is 26.9 Å². The molecule has 0 N–H and O–H groups in total. The molecule has 3 nitrogen and oxygen atoms in total. The van der Waals surface area contributed by atoms with Crippen molar-refractivity contribution in [1.29, 1.82) is 0 Å². The Balaban J connectivity index is 1.48. The highest BCUT2D eigenvalue weighted by Crippen LogP contribution is 2.43. The quantitative estimate of drug-likeness (QED) is 0.168. The zero-order chi connectivity index (χ0) is 27.2. The second kappa shape index (κ2) is 8.20. The molecule has 1 aliphatic heterocycles. The fourth-order valence-electron chi connectivity index (χ4n) is 6.25. The third-order valence-electron chi connectivity index (χ3n) is 9.08. The van der Waals surface area contributed by atoms with Crippen molar-refractivity contribution in [1.82, 2.24) is 0 Å². The van der Waals surface area contributed by atoms with Gasteiger partial charge in [0.25, 0.3) is 0 Å². The van der Waals surface area contributed by atoms with Gasteiger partial charge in [-0.05, 0) is 89.2 Å². The van der Waals surface area contributed by atoms with Crippen molar-refractivity contribution in [2.45, 2.75) is 38.9 Å². The summed E-state index contributed by atoms with van der Waals surface area (Å²) < 4.78 is 19.9. The van der Waals surface area contributed by atoms with Gasteiger partial charge in [0, 0.05) is 16.3 Å². The molecule has 7 aromatic rings. The molecule has 0 amide bonds. The fraction of sp³-hybridized carbons (Fsp3) is 0.167. The molecule has 1 fully saturated rings. The van der Waals surface area contributed by atoms with Crippen molar-refractivity contribution in [2.24, 2.45) is 0 Å². The minimum absolute atomic E-state index is 0.441. The van der Waals surface area contributed by atoms with Crippen LogP contribution in [0.2, 0.25) is 0 Å².